The second kappa shape index (κ2) is 4.73. The summed E-state index contributed by atoms with van der Waals surface area (Å²) in [7, 11) is -0.477. The molecule has 19 heavy (non-hydrogen) atoms. The Balaban J connectivity index is 2.31. The van der Waals surface area contributed by atoms with Crippen molar-refractivity contribution in [3.05, 3.63) is 23.4 Å². The molecule has 0 bridgehead atoms. The zero-order chi connectivity index (χ0) is 14.3. The minimum atomic E-state index is -0.477. The lowest BCUT2D eigenvalue weighted by Gasteiger charge is -2.32. The fourth-order valence-corrected chi connectivity index (χ4v) is 2.04. The first-order valence-corrected chi connectivity index (χ1v) is 6.52. The Kier molecular flexibility index (Phi) is 3.54. The molecule has 0 atom stereocenters. The molecule has 1 saturated heterocycles. The molecule has 0 aliphatic carbocycles. The third-order valence-electron chi connectivity index (χ3n) is 3.83. The number of aldehydes is 1. The number of rotatable bonds is 3. The van der Waals surface area contributed by atoms with Gasteiger partial charge in [0.25, 0.3) is 0 Å². The van der Waals surface area contributed by atoms with E-state index in [-0.39, 0.29) is 11.2 Å². The topological polar surface area (TPSA) is 48.4 Å². The second-order valence-corrected chi connectivity index (χ2v) is 6.02. The summed E-state index contributed by atoms with van der Waals surface area (Å²) < 4.78 is 11.9. The lowest BCUT2D eigenvalue weighted by molar-refractivity contribution is -0.107. The van der Waals surface area contributed by atoms with Gasteiger partial charge in [0, 0.05) is 12.1 Å². The molecule has 2 rings (SSSR count). The smallest absolute Gasteiger partial charge is 0.398 e. The molecule has 0 spiro atoms. The van der Waals surface area contributed by atoms with Crippen molar-refractivity contribution in [1.29, 1.82) is 0 Å². The first-order valence-electron chi connectivity index (χ1n) is 6.52. The standard InChI is InChI=1S/C14H20BNO3/c1-10-8-11(6-7-17)16-12(9-10)15-18-13(2,3)14(4,5)19-15/h7-9H,6H2,1-5H3. The second-order valence-electron chi connectivity index (χ2n) is 6.02. The van der Waals surface area contributed by atoms with Gasteiger partial charge in [0.2, 0.25) is 0 Å². The Bertz CT molecular complexity index is 483. The molecule has 2 heterocycles. The highest BCUT2D eigenvalue weighted by Crippen LogP contribution is 2.36. The molecule has 1 aromatic heterocycles. The van der Waals surface area contributed by atoms with E-state index in [4.69, 9.17) is 9.31 Å². The number of hydrogen-bond donors (Lipinski definition) is 0. The van der Waals surface area contributed by atoms with Gasteiger partial charge in [-0.3, -0.25) is 4.98 Å². The molecule has 0 amide bonds. The van der Waals surface area contributed by atoms with E-state index in [1.165, 1.54) is 0 Å². The van der Waals surface area contributed by atoms with Crippen LogP contribution in [0.2, 0.25) is 0 Å². The molecule has 1 aromatic rings. The van der Waals surface area contributed by atoms with Crippen LogP contribution in [0.4, 0.5) is 0 Å². The van der Waals surface area contributed by atoms with Crippen molar-refractivity contribution in [2.45, 2.75) is 52.2 Å². The predicted molar refractivity (Wildman–Crippen MR) is 74.5 cm³/mol. The van der Waals surface area contributed by atoms with Crippen LogP contribution >= 0.6 is 0 Å². The highest BCUT2D eigenvalue weighted by atomic mass is 16.7. The summed E-state index contributed by atoms with van der Waals surface area (Å²) in [6, 6.07) is 3.85. The molecular weight excluding hydrogens is 241 g/mol. The van der Waals surface area contributed by atoms with Crippen molar-refractivity contribution < 1.29 is 14.1 Å². The van der Waals surface area contributed by atoms with E-state index in [2.05, 4.69) is 4.98 Å². The van der Waals surface area contributed by atoms with Gasteiger partial charge in [-0.2, -0.15) is 0 Å². The van der Waals surface area contributed by atoms with E-state index >= 15 is 0 Å². The van der Waals surface area contributed by atoms with Crippen LogP contribution in [0.25, 0.3) is 0 Å². The maximum atomic E-state index is 10.6. The highest BCUT2D eigenvalue weighted by molar-refractivity contribution is 6.61. The van der Waals surface area contributed by atoms with Gasteiger partial charge >= 0.3 is 7.12 Å². The van der Waals surface area contributed by atoms with Crippen molar-refractivity contribution in [3.63, 3.8) is 0 Å². The van der Waals surface area contributed by atoms with Gasteiger partial charge < -0.3 is 14.1 Å². The molecule has 0 N–H and O–H groups in total. The van der Waals surface area contributed by atoms with Crippen LogP contribution in [0.15, 0.2) is 12.1 Å². The van der Waals surface area contributed by atoms with E-state index in [1.54, 1.807) is 0 Å². The fraction of sp³-hybridized carbons (Fsp3) is 0.571. The van der Waals surface area contributed by atoms with E-state index in [0.717, 1.165) is 23.1 Å². The SMILES string of the molecule is Cc1cc(CC=O)nc(B2OC(C)(C)C(C)(C)O2)c1. The zero-order valence-corrected chi connectivity index (χ0v) is 12.2. The quantitative estimate of drug-likeness (QED) is 0.610. The average molecular weight is 261 g/mol. The predicted octanol–water partition coefficient (Wildman–Crippen LogP) is 1.43. The number of nitrogens with zero attached hydrogens (tertiary/aromatic N) is 1. The van der Waals surface area contributed by atoms with E-state index in [9.17, 15) is 4.79 Å². The summed E-state index contributed by atoms with van der Waals surface area (Å²) in [5, 5.41) is 0. The fourth-order valence-electron chi connectivity index (χ4n) is 2.04. The molecule has 102 valence electrons. The van der Waals surface area contributed by atoms with Crippen LogP contribution in [0.3, 0.4) is 0 Å². The van der Waals surface area contributed by atoms with E-state index in [1.807, 2.05) is 46.8 Å². The number of hydrogen-bond acceptors (Lipinski definition) is 4. The Morgan fingerprint density at radius 2 is 1.79 bits per heavy atom. The summed E-state index contributed by atoms with van der Waals surface area (Å²) >= 11 is 0. The van der Waals surface area contributed by atoms with Crippen molar-refractivity contribution >= 4 is 19.0 Å². The molecule has 0 saturated carbocycles. The monoisotopic (exact) mass is 261 g/mol. The molecule has 5 heteroatoms. The van der Waals surface area contributed by atoms with E-state index in [0.29, 0.717) is 6.42 Å². The lowest BCUT2D eigenvalue weighted by atomic mass is 9.83. The molecular formula is C14H20BNO3. The number of carbonyl (C=O) groups is 1. The summed E-state index contributed by atoms with van der Waals surface area (Å²) in [5.41, 5.74) is 1.77. The molecule has 0 radical (unpaired) electrons. The number of aryl methyl sites for hydroxylation is 1. The summed E-state index contributed by atoms with van der Waals surface area (Å²) in [6.07, 6.45) is 1.17. The third-order valence-corrected chi connectivity index (χ3v) is 3.83. The molecule has 1 aliphatic heterocycles. The van der Waals surface area contributed by atoms with Crippen LogP contribution in [0, 0.1) is 6.92 Å². The van der Waals surface area contributed by atoms with Crippen LogP contribution in [-0.4, -0.2) is 29.6 Å². The van der Waals surface area contributed by atoms with Crippen molar-refractivity contribution in [3.8, 4) is 0 Å². The lowest BCUT2D eigenvalue weighted by Crippen LogP contribution is -2.41. The van der Waals surface area contributed by atoms with Crippen molar-refractivity contribution in [2.75, 3.05) is 0 Å². The minimum absolute atomic E-state index is 0.314. The molecule has 0 unspecified atom stereocenters. The maximum Gasteiger partial charge on any atom is 0.514 e. The summed E-state index contributed by atoms with van der Waals surface area (Å²) in [4.78, 5) is 15.1. The maximum absolute atomic E-state index is 10.6. The van der Waals surface area contributed by atoms with Gasteiger partial charge in [-0.1, -0.05) is 0 Å². The van der Waals surface area contributed by atoms with Crippen LogP contribution in [0.1, 0.15) is 39.0 Å². The normalized spacial score (nSPS) is 20.6. The molecule has 0 aromatic carbocycles. The number of carbonyl (C=O) groups excluding carboxylic acids is 1. The van der Waals surface area contributed by atoms with Gasteiger partial charge in [0.1, 0.15) is 6.29 Å². The highest BCUT2D eigenvalue weighted by Gasteiger charge is 2.52. The van der Waals surface area contributed by atoms with Gasteiger partial charge in [-0.05, 0) is 52.3 Å². The summed E-state index contributed by atoms with van der Waals surface area (Å²) in [6.45, 7) is 10.0. The molecule has 4 nitrogen and oxygen atoms in total. The number of pyridine rings is 1. The number of aromatic nitrogens is 1. The van der Waals surface area contributed by atoms with Crippen molar-refractivity contribution in [2.24, 2.45) is 0 Å². The minimum Gasteiger partial charge on any atom is -0.398 e. The first-order chi connectivity index (χ1) is 8.75. The van der Waals surface area contributed by atoms with Gasteiger partial charge in [0.05, 0.1) is 16.8 Å². The Morgan fingerprint density at radius 3 is 2.32 bits per heavy atom. The van der Waals surface area contributed by atoms with Gasteiger partial charge in [-0.25, -0.2) is 0 Å². The largest absolute Gasteiger partial charge is 0.514 e. The Morgan fingerprint density at radius 1 is 1.21 bits per heavy atom. The third kappa shape index (κ3) is 2.72. The van der Waals surface area contributed by atoms with E-state index < -0.39 is 7.12 Å². The average Bonchev–Trinajstić information content (AvgIpc) is 2.48. The van der Waals surface area contributed by atoms with Crippen LogP contribution < -0.4 is 5.59 Å². The van der Waals surface area contributed by atoms with Crippen LogP contribution in [0.5, 0.6) is 0 Å². The Labute approximate surface area is 114 Å². The molecule has 1 aliphatic rings. The first kappa shape index (κ1) is 14.2. The molecule has 1 fully saturated rings. The summed E-state index contributed by atoms with van der Waals surface area (Å²) in [5.74, 6) is 0. The zero-order valence-electron chi connectivity index (χ0n) is 12.2. The van der Waals surface area contributed by atoms with Crippen molar-refractivity contribution in [1.82, 2.24) is 4.98 Å². The van der Waals surface area contributed by atoms with Gasteiger partial charge in [-0.15, -0.1) is 0 Å². The van der Waals surface area contributed by atoms with Gasteiger partial charge in [0.15, 0.2) is 0 Å². The Hall–Kier alpha value is -1.20. The van der Waals surface area contributed by atoms with Crippen LogP contribution in [-0.2, 0) is 20.5 Å².